The molecule has 2 saturated carbocycles. The van der Waals surface area contributed by atoms with Crippen molar-refractivity contribution in [3.63, 3.8) is 0 Å². The Bertz CT molecular complexity index is 829. The third-order valence-electron chi connectivity index (χ3n) is 6.47. The van der Waals surface area contributed by atoms with E-state index < -0.39 is 12.0 Å². The van der Waals surface area contributed by atoms with E-state index in [9.17, 15) is 14.4 Å². The van der Waals surface area contributed by atoms with Gasteiger partial charge in [0.15, 0.2) is 0 Å². The molecule has 1 aromatic rings. The van der Waals surface area contributed by atoms with Crippen molar-refractivity contribution >= 4 is 29.4 Å². The van der Waals surface area contributed by atoms with Crippen molar-refractivity contribution in [1.29, 1.82) is 0 Å². The maximum absolute atomic E-state index is 13.0. The maximum atomic E-state index is 13.0. The second-order valence-corrected chi connectivity index (χ2v) is 8.14. The third kappa shape index (κ3) is 2.07. The molecule has 1 aliphatic heterocycles. The predicted octanol–water partition coefficient (Wildman–Crippen LogP) is 2.69. The highest BCUT2D eigenvalue weighted by Gasteiger charge is 2.67. The molecule has 0 unspecified atom stereocenters. The van der Waals surface area contributed by atoms with E-state index in [4.69, 9.17) is 16.3 Å². The number of hydrogen-bond donors (Lipinski definition) is 0. The molecule has 26 heavy (non-hydrogen) atoms. The number of allylic oxidation sites excluding steroid dienone is 2. The number of imide groups is 1. The number of para-hydroxylation sites is 1. The first kappa shape index (κ1) is 16.1. The molecule has 1 saturated heterocycles. The Kier molecular flexibility index (Phi) is 3.35. The number of benzene rings is 1. The number of halogens is 1. The molecule has 6 heteroatoms. The summed E-state index contributed by atoms with van der Waals surface area (Å²) >= 11 is 6.02. The number of amides is 2. The lowest BCUT2D eigenvalue weighted by molar-refractivity contribution is -0.152. The summed E-state index contributed by atoms with van der Waals surface area (Å²) in [5.41, 5.74) is 0. The van der Waals surface area contributed by atoms with E-state index in [-0.39, 0.29) is 41.2 Å². The molecule has 1 aromatic carbocycles. The van der Waals surface area contributed by atoms with Crippen LogP contribution >= 0.6 is 11.6 Å². The topological polar surface area (TPSA) is 63.7 Å². The molecule has 4 aliphatic carbocycles. The minimum Gasteiger partial charge on any atom is -0.423 e. The van der Waals surface area contributed by atoms with Crippen LogP contribution < -0.4 is 4.74 Å². The molecule has 6 rings (SSSR count). The molecule has 5 nitrogen and oxygen atoms in total. The molecule has 0 radical (unpaired) electrons. The Morgan fingerprint density at radius 2 is 1.69 bits per heavy atom. The van der Waals surface area contributed by atoms with Crippen molar-refractivity contribution in [1.82, 2.24) is 4.90 Å². The molecular formula is C20H18ClNO4. The quantitative estimate of drug-likeness (QED) is 0.354. The van der Waals surface area contributed by atoms with Gasteiger partial charge in [0.2, 0.25) is 11.8 Å². The fourth-order valence-corrected chi connectivity index (χ4v) is 5.36. The fraction of sp³-hybridized carbons (Fsp3) is 0.450. The number of carbonyl (C=O) groups is 3. The predicted molar refractivity (Wildman–Crippen MR) is 93.1 cm³/mol. The molecule has 0 aromatic heterocycles. The van der Waals surface area contributed by atoms with E-state index in [1.54, 1.807) is 31.2 Å². The SMILES string of the molecule is C[C@@H](C(=O)Oc1ccccc1Cl)N1C(=O)[C@@H]2[C@@H]3C=C[C@H]([C@H]4C[C@@H]34)[C@@H]2C1=O. The number of carbonyl (C=O) groups excluding carboxylic acids is 3. The molecule has 2 bridgehead atoms. The monoisotopic (exact) mass is 371 g/mol. The van der Waals surface area contributed by atoms with Gasteiger partial charge >= 0.3 is 5.97 Å². The molecule has 5 aliphatic rings. The van der Waals surface area contributed by atoms with Gasteiger partial charge in [-0.1, -0.05) is 35.9 Å². The van der Waals surface area contributed by atoms with E-state index in [1.807, 2.05) is 0 Å². The van der Waals surface area contributed by atoms with Crippen molar-refractivity contribution in [2.45, 2.75) is 19.4 Å². The smallest absolute Gasteiger partial charge is 0.334 e. The second kappa shape index (κ2) is 5.43. The summed E-state index contributed by atoms with van der Waals surface area (Å²) in [7, 11) is 0. The molecule has 7 atom stereocenters. The van der Waals surface area contributed by atoms with Crippen LogP contribution in [0.4, 0.5) is 0 Å². The summed E-state index contributed by atoms with van der Waals surface area (Å²) in [5.74, 6) is -0.141. The van der Waals surface area contributed by atoms with Gasteiger partial charge in [-0.05, 0) is 49.1 Å². The Morgan fingerprint density at radius 3 is 2.27 bits per heavy atom. The van der Waals surface area contributed by atoms with Crippen molar-refractivity contribution in [2.24, 2.45) is 35.5 Å². The first-order valence-corrected chi connectivity index (χ1v) is 9.38. The Morgan fingerprint density at radius 1 is 1.12 bits per heavy atom. The number of ether oxygens (including phenoxy) is 1. The molecule has 0 N–H and O–H groups in total. The van der Waals surface area contributed by atoms with Gasteiger partial charge in [-0.15, -0.1) is 0 Å². The summed E-state index contributed by atoms with van der Waals surface area (Å²) < 4.78 is 5.34. The average Bonchev–Trinajstić information content (AvgIpc) is 3.41. The molecule has 2 amide bonds. The fourth-order valence-electron chi connectivity index (χ4n) is 5.19. The molecular weight excluding hydrogens is 354 g/mol. The highest BCUT2D eigenvalue weighted by molar-refractivity contribution is 6.32. The molecule has 1 heterocycles. The normalized spacial score (nSPS) is 37.4. The van der Waals surface area contributed by atoms with Crippen LogP contribution in [0.15, 0.2) is 36.4 Å². The van der Waals surface area contributed by atoms with Crippen LogP contribution in [0.5, 0.6) is 5.75 Å². The first-order valence-electron chi connectivity index (χ1n) is 9.00. The number of hydrogen-bond acceptors (Lipinski definition) is 4. The van der Waals surface area contributed by atoms with Crippen LogP contribution in [0.1, 0.15) is 13.3 Å². The Hall–Kier alpha value is -2.14. The number of rotatable bonds is 3. The lowest BCUT2D eigenvalue weighted by atomic mass is 9.63. The average molecular weight is 372 g/mol. The standard InChI is InChI=1S/C20H18ClNO4/c1-9(20(25)26-15-5-3-2-4-14(15)21)22-18(23)16-10-6-7-11(13-8-12(10)13)17(16)19(22)24/h2-7,9-13,16-17H,8H2,1H3/t9-,10+,11+,12-,13+,16+,17-/m0/s1. The second-order valence-electron chi connectivity index (χ2n) is 7.73. The van der Waals surface area contributed by atoms with Gasteiger partial charge in [0.05, 0.1) is 16.9 Å². The van der Waals surface area contributed by atoms with E-state index in [0.29, 0.717) is 16.9 Å². The van der Waals surface area contributed by atoms with Crippen LogP contribution in [-0.4, -0.2) is 28.7 Å². The maximum Gasteiger partial charge on any atom is 0.334 e. The van der Waals surface area contributed by atoms with Gasteiger partial charge in [0.1, 0.15) is 11.8 Å². The van der Waals surface area contributed by atoms with E-state index in [0.717, 1.165) is 11.3 Å². The Labute approximate surface area is 155 Å². The summed E-state index contributed by atoms with van der Waals surface area (Å²) in [6.45, 7) is 1.54. The lowest BCUT2D eigenvalue weighted by Crippen LogP contribution is -2.45. The summed E-state index contributed by atoms with van der Waals surface area (Å²) in [5, 5.41) is 0.308. The van der Waals surface area contributed by atoms with Crippen molar-refractivity contribution in [3.8, 4) is 5.75 Å². The van der Waals surface area contributed by atoms with E-state index >= 15 is 0 Å². The van der Waals surface area contributed by atoms with Crippen molar-refractivity contribution in [2.75, 3.05) is 0 Å². The van der Waals surface area contributed by atoms with Gasteiger partial charge < -0.3 is 4.74 Å². The van der Waals surface area contributed by atoms with Crippen LogP contribution in [0.2, 0.25) is 5.02 Å². The minimum absolute atomic E-state index is 0.142. The molecule has 0 spiro atoms. The van der Waals surface area contributed by atoms with Gasteiger partial charge in [0.25, 0.3) is 0 Å². The van der Waals surface area contributed by atoms with Crippen LogP contribution in [-0.2, 0) is 14.4 Å². The van der Waals surface area contributed by atoms with Crippen LogP contribution in [0.3, 0.4) is 0 Å². The summed E-state index contributed by atoms with van der Waals surface area (Å²) in [6, 6.07) is 5.67. The highest BCUT2D eigenvalue weighted by Crippen LogP contribution is 2.65. The lowest BCUT2D eigenvalue weighted by Gasteiger charge is -2.37. The van der Waals surface area contributed by atoms with E-state index in [1.165, 1.54) is 0 Å². The van der Waals surface area contributed by atoms with Gasteiger partial charge in [-0.25, -0.2) is 4.79 Å². The van der Waals surface area contributed by atoms with Crippen LogP contribution in [0.25, 0.3) is 0 Å². The largest absolute Gasteiger partial charge is 0.423 e. The van der Waals surface area contributed by atoms with E-state index in [2.05, 4.69) is 12.2 Å². The first-order chi connectivity index (χ1) is 12.5. The number of esters is 1. The zero-order chi connectivity index (χ0) is 18.2. The zero-order valence-corrected chi connectivity index (χ0v) is 14.9. The van der Waals surface area contributed by atoms with Gasteiger partial charge in [0, 0.05) is 0 Å². The van der Waals surface area contributed by atoms with Gasteiger partial charge in [-0.3, -0.25) is 14.5 Å². The Balaban J connectivity index is 1.39. The highest BCUT2D eigenvalue weighted by atomic mass is 35.5. The van der Waals surface area contributed by atoms with Crippen molar-refractivity contribution < 1.29 is 19.1 Å². The minimum atomic E-state index is -0.965. The molecule has 134 valence electrons. The summed E-state index contributed by atoms with van der Waals surface area (Å²) in [4.78, 5) is 39.7. The summed E-state index contributed by atoms with van der Waals surface area (Å²) in [6.07, 6.45) is 5.34. The van der Waals surface area contributed by atoms with Gasteiger partial charge in [-0.2, -0.15) is 0 Å². The third-order valence-corrected chi connectivity index (χ3v) is 6.78. The zero-order valence-electron chi connectivity index (χ0n) is 14.2. The van der Waals surface area contributed by atoms with Crippen molar-refractivity contribution in [3.05, 3.63) is 41.4 Å². The number of likely N-dealkylation sites (tertiary alicyclic amines) is 1. The number of nitrogens with zero attached hydrogens (tertiary/aromatic N) is 1. The van der Waals surface area contributed by atoms with Crippen LogP contribution in [0, 0.1) is 35.5 Å². The molecule has 3 fully saturated rings.